The molecule has 25 heavy (non-hydrogen) atoms. The van der Waals surface area contributed by atoms with Crippen LogP contribution < -0.4 is 0 Å². The molecule has 0 atom stereocenters. The predicted molar refractivity (Wildman–Crippen MR) is 100 cm³/mol. The molecule has 136 valence electrons. The zero-order valence-electron chi connectivity index (χ0n) is 14.9. The van der Waals surface area contributed by atoms with E-state index < -0.39 is 15.8 Å². The smallest absolute Gasteiger partial charge is 0.350 e. The first kappa shape index (κ1) is 20.7. The molecule has 0 heterocycles. The number of ether oxygens (including phenoxy) is 1. The monoisotopic (exact) mass is 363 g/mol. The highest BCUT2D eigenvalue weighted by atomic mass is 32.2. The molecule has 0 fully saturated rings. The molecule has 0 aliphatic carbocycles. The summed E-state index contributed by atoms with van der Waals surface area (Å²) in [6.07, 6.45) is 6.20. The normalized spacial score (nSPS) is 12.2. The van der Waals surface area contributed by atoms with Crippen LogP contribution in [0.2, 0.25) is 0 Å². The zero-order valence-corrected chi connectivity index (χ0v) is 15.8. The van der Waals surface area contributed by atoms with Gasteiger partial charge in [-0.2, -0.15) is 0 Å². The van der Waals surface area contributed by atoms with Crippen molar-refractivity contribution in [2.24, 2.45) is 0 Å². The Kier molecular flexibility index (Phi) is 8.15. The SMILES string of the molecule is C=Cc1ccc(S(=O)(=O)/C(=C\C=C\N(CC)CC)C(=O)OCC)cc1. The van der Waals surface area contributed by atoms with Crippen molar-refractivity contribution in [3.63, 3.8) is 0 Å². The van der Waals surface area contributed by atoms with Gasteiger partial charge in [0.1, 0.15) is 0 Å². The van der Waals surface area contributed by atoms with Crippen LogP contribution in [0.1, 0.15) is 26.3 Å². The average molecular weight is 363 g/mol. The fourth-order valence-corrected chi connectivity index (χ4v) is 3.35. The summed E-state index contributed by atoms with van der Waals surface area (Å²) in [5.74, 6) is -0.862. The van der Waals surface area contributed by atoms with E-state index in [1.807, 2.05) is 18.7 Å². The third kappa shape index (κ3) is 5.60. The van der Waals surface area contributed by atoms with E-state index >= 15 is 0 Å². The third-order valence-electron chi connectivity index (χ3n) is 3.55. The minimum absolute atomic E-state index is 0.0358. The molecule has 0 amide bonds. The Morgan fingerprint density at radius 1 is 1.16 bits per heavy atom. The van der Waals surface area contributed by atoms with Crippen molar-refractivity contribution in [3.8, 4) is 0 Å². The lowest BCUT2D eigenvalue weighted by molar-refractivity contribution is -0.137. The molecule has 0 saturated carbocycles. The molecule has 0 aliphatic rings. The molecule has 0 aliphatic heterocycles. The molecule has 1 rings (SSSR count). The molecule has 0 unspecified atom stereocenters. The van der Waals surface area contributed by atoms with Gasteiger partial charge in [0.25, 0.3) is 0 Å². The molecule has 0 radical (unpaired) electrons. The first-order valence-corrected chi connectivity index (χ1v) is 9.66. The molecule has 6 heteroatoms. The molecule has 0 N–H and O–H groups in total. The summed E-state index contributed by atoms with van der Waals surface area (Å²) in [5, 5.41) is 0. The summed E-state index contributed by atoms with van der Waals surface area (Å²) in [6.45, 7) is 10.9. The van der Waals surface area contributed by atoms with E-state index in [0.29, 0.717) is 0 Å². The van der Waals surface area contributed by atoms with Gasteiger partial charge in [-0.25, -0.2) is 13.2 Å². The van der Waals surface area contributed by atoms with Crippen LogP contribution in [0, 0.1) is 0 Å². The van der Waals surface area contributed by atoms with E-state index in [1.165, 1.54) is 18.2 Å². The van der Waals surface area contributed by atoms with Crippen LogP contribution in [0.5, 0.6) is 0 Å². The van der Waals surface area contributed by atoms with Gasteiger partial charge in [0, 0.05) is 13.1 Å². The summed E-state index contributed by atoms with van der Waals surface area (Å²) >= 11 is 0. The largest absolute Gasteiger partial charge is 0.462 e. The highest BCUT2D eigenvalue weighted by Gasteiger charge is 2.27. The molecular formula is C19H25NO4S. The van der Waals surface area contributed by atoms with E-state index in [-0.39, 0.29) is 16.4 Å². The van der Waals surface area contributed by atoms with Crippen molar-refractivity contribution < 1.29 is 17.9 Å². The molecule has 0 saturated heterocycles. The lowest BCUT2D eigenvalue weighted by Gasteiger charge is -2.14. The fourth-order valence-electron chi connectivity index (χ4n) is 2.07. The molecule has 0 spiro atoms. The van der Waals surface area contributed by atoms with Crippen molar-refractivity contribution in [1.29, 1.82) is 0 Å². The average Bonchev–Trinajstić information content (AvgIpc) is 2.62. The second kappa shape index (κ2) is 9.84. The van der Waals surface area contributed by atoms with Gasteiger partial charge in [-0.3, -0.25) is 0 Å². The van der Waals surface area contributed by atoms with Crippen LogP contribution in [0.15, 0.2) is 59.0 Å². The number of hydrogen-bond donors (Lipinski definition) is 0. The number of sulfone groups is 1. The number of nitrogens with zero attached hydrogens (tertiary/aromatic N) is 1. The van der Waals surface area contributed by atoms with Gasteiger partial charge < -0.3 is 9.64 Å². The van der Waals surface area contributed by atoms with Crippen molar-refractivity contribution in [2.45, 2.75) is 25.7 Å². The van der Waals surface area contributed by atoms with Crippen LogP contribution in [0.25, 0.3) is 6.08 Å². The summed E-state index contributed by atoms with van der Waals surface area (Å²) in [6, 6.07) is 6.17. The number of esters is 1. The minimum atomic E-state index is -3.98. The van der Waals surface area contributed by atoms with Gasteiger partial charge in [-0.05, 0) is 56.8 Å². The van der Waals surface area contributed by atoms with Crippen molar-refractivity contribution in [3.05, 3.63) is 59.7 Å². The Labute approximate surface area is 150 Å². The topological polar surface area (TPSA) is 63.7 Å². The Morgan fingerprint density at radius 2 is 1.76 bits per heavy atom. The second-order valence-corrected chi connectivity index (χ2v) is 7.01. The van der Waals surface area contributed by atoms with E-state index in [9.17, 15) is 13.2 Å². The minimum Gasteiger partial charge on any atom is -0.462 e. The maximum Gasteiger partial charge on any atom is 0.350 e. The van der Waals surface area contributed by atoms with E-state index in [0.717, 1.165) is 18.7 Å². The maximum atomic E-state index is 12.8. The molecule has 0 aromatic heterocycles. The Balaban J connectivity index is 3.29. The van der Waals surface area contributed by atoms with Crippen LogP contribution >= 0.6 is 0 Å². The molecule has 1 aromatic rings. The highest BCUT2D eigenvalue weighted by Crippen LogP contribution is 2.21. The lowest BCUT2D eigenvalue weighted by Crippen LogP contribution is -2.17. The van der Waals surface area contributed by atoms with Gasteiger partial charge in [-0.1, -0.05) is 24.8 Å². The summed E-state index contributed by atoms with van der Waals surface area (Å²) in [4.78, 5) is 13.8. The number of carbonyl (C=O) groups excluding carboxylic acids is 1. The molecule has 5 nitrogen and oxygen atoms in total. The van der Waals surface area contributed by atoms with Gasteiger partial charge in [0.15, 0.2) is 4.91 Å². The standard InChI is InChI=1S/C19H25NO4S/c1-5-16-11-13-17(14-12-16)25(22,23)18(19(21)24-8-4)10-9-15-20(6-2)7-3/h5,9-15H,1,6-8H2,2-4H3/b15-9+,18-10-. The van der Waals surface area contributed by atoms with E-state index in [2.05, 4.69) is 6.58 Å². The molecular weight excluding hydrogens is 338 g/mol. The predicted octanol–water partition coefficient (Wildman–Crippen LogP) is 3.41. The number of allylic oxidation sites excluding steroid dienone is 2. The Morgan fingerprint density at radius 3 is 2.24 bits per heavy atom. The summed E-state index contributed by atoms with van der Waals surface area (Å²) in [5.41, 5.74) is 0.794. The van der Waals surface area contributed by atoms with Crippen LogP contribution in [-0.2, 0) is 19.4 Å². The number of hydrogen-bond acceptors (Lipinski definition) is 5. The van der Waals surface area contributed by atoms with Crippen molar-refractivity contribution >= 4 is 21.9 Å². The molecule has 1 aromatic carbocycles. The lowest BCUT2D eigenvalue weighted by atomic mass is 10.2. The van der Waals surface area contributed by atoms with Gasteiger partial charge >= 0.3 is 5.97 Å². The van der Waals surface area contributed by atoms with Gasteiger partial charge in [0.2, 0.25) is 9.84 Å². The second-order valence-electron chi connectivity index (χ2n) is 5.09. The van der Waals surface area contributed by atoms with Crippen LogP contribution in [0.3, 0.4) is 0 Å². The number of benzene rings is 1. The summed E-state index contributed by atoms with van der Waals surface area (Å²) in [7, 11) is -3.98. The summed E-state index contributed by atoms with van der Waals surface area (Å²) < 4.78 is 30.6. The zero-order chi connectivity index (χ0) is 18.9. The maximum absolute atomic E-state index is 12.8. The van der Waals surface area contributed by atoms with Crippen LogP contribution in [0.4, 0.5) is 0 Å². The Hall–Kier alpha value is -2.34. The third-order valence-corrected chi connectivity index (χ3v) is 5.32. The number of carbonyl (C=O) groups is 1. The van der Waals surface area contributed by atoms with Crippen LogP contribution in [-0.4, -0.2) is 39.0 Å². The van der Waals surface area contributed by atoms with Crippen molar-refractivity contribution in [1.82, 2.24) is 4.90 Å². The van der Waals surface area contributed by atoms with E-state index in [4.69, 9.17) is 4.74 Å². The molecule has 0 bridgehead atoms. The fraction of sp³-hybridized carbons (Fsp3) is 0.316. The Bertz CT molecular complexity index is 742. The quantitative estimate of drug-likeness (QED) is 0.382. The number of rotatable bonds is 9. The van der Waals surface area contributed by atoms with Crippen molar-refractivity contribution in [2.75, 3.05) is 19.7 Å². The first-order valence-electron chi connectivity index (χ1n) is 8.17. The van der Waals surface area contributed by atoms with Gasteiger partial charge in [0.05, 0.1) is 11.5 Å². The van der Waals surface area contributed by atoms with Gasteiger partial charge in [-0.15, -0.1) is 0 Å². The highest BCUT2D eigenvalue weighted by molar-refractivity contribution is 7.96. The van der Waals surface area contributed by atoms with E-state index in [1.54, 1.807) is 37.4 Å². The first-order chi connectivity index (χ1) is 11.9.